The number of ether oxygens (including phenoxy) is 2. The van der Waals surface area contributed by atoms with Gasteiger partial charge in [-0.3, -0.25) is 4.79 Å². The fraction of sp³-hybridized carbons (Fsp3) is 0.375. The first-order valence-electron chi connectivity index (χ1n) is 10.7. The normalized spacial score (nSPS) is 14.3. The van der Waals surface area contributed by atoms with E-state index in [4.69, 9.17) is 9.47 Å². The van der Waals surface area contributed by atoms with Crippen LogP contribution < -0.4 is 20.1 Å². The van der Waals surface area contributed by atoms with Gasteiger partial charge in [-0.25, -0.2) is 9.97 Å². The summed E-state index contributed by atoms with van der Waals surface area (Å²) in [6, 6.07) is 11.3. The lowest BCUT2D eigenvalue weighted by Crippen LogP contribution is -2.18. The summed E-state index contributed by atoms with van der Waals surface area (Å²) >= 11 is 0. The Kier molecular flexibility index (Phi) is 6.50. The average molecular weight is 421 g/mol. The Hall–Kier alpha value is -3.35. The van der Waals surface area contributed by atoms with E-state index in [1.807, 2.05) is 36.4 Å². The predicted octanol–water partition coefficient (Wildman–Crippen LogP) is 5.30. The van der Waals surface area contributed by atoms with Gasteiger partial charge in [0, 0.05) is 29.2 Å². The van der Waals surface area contributed by atoms with Crippen LogP contribution in [0.25, 0.3) is 10.9 Å². The third-order valence-electron chi connectivity index (χ3n) is 5.77. The van der Waals surface area contributed by atoms with Crippen LogP contribution in [0.3, 0.4) is 0 Å². The van der Waals surface area contributed by atoms with Crippen molar-refractivity contribution < 1.29 is 14.3 Å². The number of nitrogens with zero attached hydrogens (tertiary/aromatic N) is 2. The van der Waals surface area contributed by atoms with Crippen LogP contribution in [0.1, 0.15) is 38.5 Å². The largest absolute Gasteiger partial charge is 0.493 e. The van der Waals surface area contributed by atoms with E-state index >= 15 is 0 Å². The standard InChI is InChI=1S/C24H28N4O3/c1-30-21-13-19-20(14-22(21)31-2)25-15-26-24(19)28-18-10-8-17(9-11-18)27-23(29)12-16-6-4-3-5-7-16/h8-11,13-16H,3-7,12H2,1-2H3,(H,27,29)(H,25,26,28). The smallest absolute Gasteiger partial charge is 0.224 e. The highest BCUT2D eigenvalue weighted by Gasteiger charge is 2.17. The zero-order valence-corrected chi connectivity index (χ0v) is 18.0. The number of aromatic nitrogens is 2. The van der Waals surface area contributed by atoms with Crippen LogP contribution in [0.15, 0.2) is 42.7 Å². The molecule has 3 aromatic rings. The molecule has 1 aliphatic rings. The number of methoxy groups -OCH3 is 2. The van der Waals surface area contributed by atoms with E-state index in [1.165, 1.54) is 38.4 Å². The molecule has 0 spiro atoms. The maximum absolute atomic E-state index is 12.3. The van der Waals surface area contributed by atoms with Crippen molar-refractivity contribution in [3.8, 4) is 11.5 Å². The highest BCUT2D eigenvalue weighted by molar-refractivity contribution is 5.93. The van der Waals surface area contributed by atoms with Crippen molar-refractivity contribution in [2.45, 2.75) is 38.5 Å². The van der Waals surface area contributed by atoms with Gasteiger partial charge in [-0.15, -0.1) is 0 Å². The molecule has 0 bridgehead atoms. The first-order valence-corrected chi connectivity index (χ1v) is 10.7. The van der Waals surface area contributed by atoms with Crippen molar-refractivity contribution in [1.82, 2.24) is 9.97 Å². The summed E-state index contributed by atoms with van der Waals surface area (Å²) in [6.45, 7) is 0. The number of carbonyl (C=O) groups excluding carboxylic acids is 1. The Labute approximate surface area is 182 Å². The summed E-state index contributed by atoms with van der Waals surface area (Å²) in [5, 5.41) is 7.16. The molecule has 0 unspecified atom stereocenters. The van der Waals surface area contributed by atoms with E-state index in [-0.39, 0.29) is 5.91 Å². The predicted molar refractivity (Wildman–Crippen MR) is 122 cm³/mol. The summed E-state index contributed by atoms with van der Waals surface area (Å²) in [6.07, 6.45) is 8.24. The summed E-state index contributed by atoms with van der Waals surface area (Å²) in [5.41, 5.74) is 2.41. The molecule has 2 aromatic carbocycles. The molecule has 1 saturated carbocycles. The number of anilines is 3. The van der Waals surface area contributed by atoms with Crippen LogP contribution in [0, 0.1) is 5.92 Å². The SMILES string of the molecule is COc1cc2ncnc(Nc3ccc(NC(=O)CC4CCCCC4)cc3)c2cc1OC. The van der Waals surface area contributed by atoms with E-state index in [9.17, 15) is 4.79 Å². The molecule has 31 heavy (non-hydrogen) atoms. The molecule has 7 heteroatoms. The molecule has 162 valence electrons. The van der Waals surface area contributed by atoms with Crippen LogP contribution in [0.4, 0.5) is 17.2 Å². The molecule has 1 aliphatic carbocycles. The molecule has 0 radical (unpaired) electrons. The number of hydrogen-bond acceptors (Lipinski definition) is 6. The summed E-state index contributed by atoms with van der Waals surface area (Å²) in [4.78, 5) is 21.1. The zero-order chi connectivity index (χ0) is 21.6. The van der Waals surface area contributed by atoms with Crippen LogP contribution in [-0.2, 0) is 4.79 Å². The number of benzene rings is 2. The van der Waals surface area contributed by atoms with E-state index in [0.29, 0.717) is 29.7 Å². The molecule has 4 rings (SSSR count). The fourth-order valence-electron chi connectivity index (χ4n) is 4.12. The van der Waals surface area contributed by atoms with Crippen LogP contribution in [0.5, 0.6) is 11.5 Å². The first kappa shape index (κ1) is 20.9. The van der Waals surface area contributed by atoms with Crippen molar-refractivity contribution in [1.29, 1.82) is 0 Å². The Morgan fingerprint density at radius 3 is 2.35 bits per heavy atom. The number of rotatable bonds is 7. The number of fused-ring (bicyclic) bond motifs is 1. The lowest BCUT2D eigenvalue weighted by molar-refractivity contribution is -0.117. The van der Waals surface area contributed by atoms with E-state index < -0.39 is 0 Å². The second-order valence-electron chi connectivity index (χ2n) is 7.91. The Morgan fingerprint density at radius 1 is 0.968 bits per heavy atom. The van der Waals surface area contributed by atoms with Crippen molar-refractivity contribution in [2.75, 3.05) is 24.9 Å². The Balaban J connectivity index is 1.45. The second-order valence-corrected chi connectivity index (χ2v) is 7.91. The molecule has 1 amide bonds. The third kappa shape index (κ3) is 5.05. The van der Waals surface area contributed by atoms with Gasteiger partial charge >= 0.3 is 0 Å². The summed E-state index contributed by atoms with van der Waals surface area (Å²) < 4.78 is 10.8. The van der Waals surface area contributed by atoms with E-state index in [0.717, 1.165) is 22.3 Å². The third-order valence-corrected chi connectivity index (χ3v) is 5.77. The number of carbonyl (C=O) groups is 1. The monoisotopic (exact) mass is 420 g/mol. The molecule has 2 N–H and O–H groups in total. The van der Waals surface area contributed by atoms with Crippen molar-refractivity contribution in [3.05, 3.63) is 42.7 Å². The number of amides is 1. The molecular weight excluding hydrogens is 392 g/mol. The molecule has 0 saturated heterocycles. The Bertz CT molecular complexity index is 1050. The Morgan fingerprint density at radius 2 is 1.65 bits per heavy atom. The molecule has 7 nitrogen and oxygen atoms in total. The van der Waals surface area contributed by atoms with Crippen LogP contribution in [0.2, 0.25) is 0 Å². The van der Waals surface area contributed by atoms with Gasteiger partial charge in [0.2, 0.25) is 5.91 Å². The van der Waals surface area contributed by atoms with Gasteiger partial charge in [0.15, 0.2) is 11.5 Å². The summed E-state index contributed by atoms with van der Waals surface area (Å²) in [7, 11) is 3.20. The van der Waals surface area contributed by atoms with Gasteiger partial charge in [-0.1, -0.05) is 19.3 Å². The summed E-state index contributed by atoms with van der Waals surface area (Å²) in [5.74, 6) is 2.52. The first-order chi connectivity index (χ1) is 15.2. The highest BCUT2D eigenvalue weighted by atomic mass is 16.5. The maximum atomic E-state index is 12.3. The van der Waals surface area contributed by atoms with E-state index in [2.05, 4.69) is 20.6 Å². The lowest BCUT2D eigenvalue weighted by atomic mass is 9.87. The second kappa shape index (κ2) is 9.64. The molecule has 1 heterocycles. The average Bonchev–Trinajstić information content (AvgIpc) is 2.80. The van der Waals surface area contributed by atoms with E-state index in [1.54, 1.807) is 14.2 Å². The lowest BCUT2D eigenvalue weighted by Gasteiger charge is -2.20. The highest BCUT2D eigenvalue weighted by Crippen LogP contribution is 2.34. The van der Waals surface area contributed by atoms with Gasteiger partial charge in [0.05, 0.1) is 19.7 Å². The van der Waals surface area contributed by atoms with Crippen LogP contribution >= 0.6 is 0 Å². The molecule has 1 aromatic heterocycles. The maximum Gasteiger partial charge on any atom is 0.224 e. The van der Waals surface area contributed by atoms with Crippen molar-refractivity contribution in [3.63, 3.8) is 0 Å². The molecule has 1 fully saturated rings. The molecule has 0 aliphatic heterocycles. The van der Waals surface area contributed by atoms with Gasteiger partial charge in [-0.2, -0.15) is 0 Å². The topological polar surface area (TPSA) is 85.4 Å². The minimum absolute atomic E-state index is 0.0930. The molecular formula is C24H28N4O3. The number of hydrogen-bond donors (Lipinski definition) is 2. The molecule has 0 atom stereocenters. The minimum Gasteiger partial charge on any atom is -0.493 e. The van der Waals surface area contributed by atoms with Gasteiger partial charge < -0.3 is 20.1 Å². The van der Waals surface area contributed by atoms with Crippen molar-refractivity contribution >= 4 is 34.0 Å². The van der Waals surface area contributed by atoms with Gasteiger partial charge in [0.25, 0.3) is 0 Å². The van der Waals surface area contributed by atoms with Crippen molar-refractivity contribution in [2.24, 2.45) is 5.92 Å². The van der Waals surface area contributed by atoms with Gasteiger partial charge in [0.1, 0.15) is 12.1 Å². The minimum atomic E-state index is 0.0930. The number of nitrogens with one attached hydrogen (secondary N) is 2. The zero-order valence-electron chi connectivity index (χ0n) is 18.0. The fourth-order valence-corrected chi connectivity index (χ4v) is 4.12. The van der Waals surface area contributed by atoms with Gasteiger partial charge in [-0.05, 0) is 49.1 Å². The quantitative estimate of drug-likeness (QED) is 0.539. The van der Waals surface area contributed by atoms with Crippen LogP contribution in [-0.4, -0.2) is 30.1 Å².